The average molecular weight is 128 g/mol. The highest BCUT2D eigenvalue weighted by molar-refractivity contribution is 7.84. The Morgan fingerprint density at radius 3 is 2.50 bits per heavy atom. The highest BCUT2D eigenvalue weighted by atomic mass is 32.1. The second kappa shape index (κ2) is 3.10. The molecule has 0 saturated carbocycles. The quantitative estimate of drug-likeness (QED) is 0.292. The molecule has 0 fully saturated rings. The molecule has 0 bridgehead atoms. The summed E-state index contributed by atoms with van der Waals surface area (Å²) in [5.41, 5.74) is 4.65. The molecule has 4 heteroatoms. The highest BCUT2D eigenvalue weighted by Gasteiger charge is 1.87. The van der Waals surface area contributed by atoms with Gasteiger partial charge in [-0.15, -0.1) is 12.6 Å². The van der Waals surface area contributed by atoms with Crippen molar-refractivity contribution < 1.29 is 4.79 Å². The molecule has 0 aromatic heterocycles. The summed E-state index contributed by atoms with van der Waals surface area (Å²) >= 11 is 3.57. The van der Waals surface area contributed by atoms with E-state index in [-0.39, 0.29) is 4.91 Å². The van der Waals surface area contributed by atoms with Crippen LogP contribution in [0.2, 0.25) is 0 Å². The number of nitriles is 1. The molecular weight excluding hydrogens is 124 g/mol. The minimum absolute atomic E-state index is 0.0255. The Labute approximate surface area is 52.2 Å². The van der Waals surface area contributed by atoms with Crippen molar-refractivity contribution in [1.82, 2.24) is 0 Å². The second-order valence-electron chi connectivity index (χ2n) is 1.04. The molecule has 0 aromatic carbocycles. The standard InChI is InChI=1S/C4H4N2OS/c5-2-3(8)1-4(6)7/h1,8H,(H2,6,7). The molecule has 0 aromatic rings. The zero-order chi connectivity index (χ0) is 6.57. The number of hydrogen-bond acceptors (Lipinski definition) is 3. The van der Waals surface area contributed by atoms with Crippen LogP contribution in [0.3, 0.4) is 0 Å². The number of thiol groups is 1. The fraction of sp³-hybridized carbons (Fsp3) is 0. The number of nitrogens with zero attached hydrogens (tertiary/aromatic N) is 1. The largest absolute Gasteiger partial charge is 0.366 e. The smallest absolute Gasteiger partial charge is 0.243 e. The molecule has 2 N–H and O–H groups in total. The van der Waals surface area contributed by atoms with Gasteiger partial charge in [0, 0.05) is 6.08 Å². The SMILES string of the molecule is N#CC(S)=CC(N)=O. The number of rotatable bonds is 1. The maximum Gasteiger partial charge on any atom is 0.243 e. The molecule has 0 atom stereocenters. The van der Waals surface area contributed by atoms with Gasteiger partial charge < -0.3 is 5.73 Å². The molecule has 0 radical (unpaired) electrons. The summed E-state index contributed by atoms with van der Waals surface area (Å²) in [5.74, 6) is -0.656. The third kappa shape index (κ3) is 3.25. The van der Waals surface area contributed by atoms with Crippen molar-refractivity contribution in [3.8, 4) is 6.07 Å². The van der Waals surface area contributed by atoms with Crippen LogP contribution >= 0.6 is 12.6 Å². The van der Waals surface area contributed by atoms with Gasteiger partial charge in [-0.1, -0.05) is 0 Å². The van der Waals surface area contributed by atoms with Crippen LogP contribution in [0.4, 0.5) is 0 Å². The maximum atomic E-state index is 9.91. The van der Waals surface area contributed by atoms with Crippen molar-refractivity contribution in [3.63, 3.8) is 0 Å². The molecule has 42 valence electrons. The summed E-state index contributed by atoms with van der Waals surface area (Å²) in [6.45, 7) is 0. The molecular formula is C4H4N2OS. The number of nitrogens with two attached hydrogens (primary N) is 1. The van der Waals surface area contributed by atoms with Crippen LogP contribution in [0.1, 0.15) is 0 Å². The highest BCUT2D eigenvalue weighted by Crippen LogP contribution is 1.94. The fourth-order valence-corrected chi connectivity index (χ4v) is 0.294. The second-order valence-corrected chi connectivity index (χ2v) is 1.53. The zero-order valence-corrected chi connectivity index (χ0v) is 4.85. The third-order valence-electron chi connectivity index (χ3n) is 0.394. The monoisotopic (exact) mass is 128 g/mol. The Bertz CT molecular complexity index is 167. The Morgan fingerprint density at radius 2 is 2.38 bits per heavy atom. The number of primary amides is 1. The lowest BCUT2D eigenvalue weighted by Crippen LogP contribution is -2.05. The lowest BCUT2D eigenvalue weighted by atomic mass is 10.5. The van der Waals surface area contributed by atoms with Crippen molar-refractivity contribution in [2.24, 2.45) is 5.73 Å². The van der Waals surface area contributed by atoms with Gasteiger partial charge in [0.2, 0.25) is 5.91 Å². The summed E-state index contributed by atoms with van der Waals surface area (Å²) in [7, 11) is 0. The first-order chi connectivity index (χ1) is 3.66. The van der Waals surface area contributed by atoms with Gasteiger partial charge in [-0.25, -0.2) is 0 Å². The molecule has 0 aliphatic heterocycles. The van der Waals surface area contributed by atoms with Gasteiger partial charge in [-0.05, 0) is 0 Å². The molecule has 0 unspecified atom stereocenters. The first kappa shape index (κ1) is 7.05. The van der Waals surface area contributed by atoms with E-state index in [0.717, 1.165) is 6.08 Å². The number of amides is 1. The molecule has 0 heterocycles. The van der Waals surface area contributed by atoms with E-state index in [2.05, 4.69) is 18.4 Å². The Balaban J connectivity index is 4.01. The van der Waals surface area contributed by atoms with Crippen molar-refractivity contribution in [2.45, 2.75) is 0 Å². The number of allylic oxidation sites excluding steroid dienone is 1. The van der Waals surface area contributed by atoms with Gasteiger partial charge in [0.25, 0.3) is 0 Å². The average Bonchev–Trinajstić information content (AvgIpc) is 1.65. The van der Waals surface area contributed by atoms with E-state index in [1.54, 1.807) is 6.07 Å². The first-order valence-electron chi connectivity index (χ1n) is 1.77. The Morgan fingerprint density at radius 1 is 1.88 bits per heavy atom. The maximum absolute atomic E-state index is 9.91. The van der Waals surface area contributed by atoms with E-state index in [0.29, 0.717) is 0 Å². The van der Waals surface area contributed by atoms with Crippen LogP contribution in [0.25, 0.3) is 0 Å². The van der Waals surface area contributed by atoms with Gasteiger partial charge in [0.05, 0.1) is 4.91 Å². The van der Waals surface area contributed by atoms with Crippen molar-refractivity contribution in [2.75, 3.05) is 0 Å². The van der Waals surface area contributed by atoms with Crippen LogP contribution in [-0.2, 0) is 4.79 Å². The van der Waals surface area contributed by atoms with Gasteiger partial charge >= 0.3 is 0 Å². The Hall–Kier alpha value is -0.950. The number of hydrogen-bond donors (Lipinski definition) is 2. The molecule has 0 rings (SSSR count). The van der Waals surface area contributed by atoms with Crippen LogP contribution in [0.15, 0.2) is 11.0 Å². The summed E-state index contributed by atoms with van der Waals surface area (Å²) in [6.07, 6.45) is 0.948. The molecule has 8 heavy (non-hydrogen) atoms. The van der Waals surface area contributed by atoms with Crippen LogP contribution in [0.5, 0.6) is 0 Å². The molecule has 0 saturated heterocycles. The molecule has 0 aliphatic carbocycles. The van der Waals surface area contributed by atoms with E-state index < -0.39 is 5.91 Å². The van der Waals surface area contributed by atoms with E-state index in [9.17, 15) is 4.79 Å². The predicted molar refractivity (Wildman–Crippen MR) is 31.9 cm³/mol. The third-order valence-corrected chi connectivity index (χ3v) is 0.623. The predicted octanol–water partition coefficient (Wildman–Crippen LogP) is -0.191. The van der Waals surface area contributed by atoms with Gasteiger partial charge in [-0.3, -0.25) is 4.79 Å². The van der Waals surface area contributed by atoms with Crippen LogP contribution in [-0.4, -0.2) is 5.91 Å². The normalized spacial score (nSPS) is 10.2. The van der Waals surface area contributed by atoms with Crippen molar-refractivity contribution in [1.29, 1.82) is 5.26 Å². The minimum Gasteiger partial charge on any atom is -0.366 e. The zero-order valence-electron chi connectivity index (χ0n) is 3.96. The number of carbonyl (C=O) groups is 1. The molecule has 0 aliphatic rings. The lowest BCUT2D eigenvalue weighted by Gasteiger charge is -1.77. The first-order valence-corrected chi connectivity index (χ1v) is 2.21. The van der Waals surface area contributed by atoms with Crippen LogP contribution in [0, 0.1) is 11.3 Å². The summed E-state index contributed by atoms with van der Waals surface area (Å²) in [6, 6.07) is 1.62. The molecule has 0 spiro atoms. The van der Waals surface area contributed by atoms with E-state index in [4.69, 9.17) is 5.26 Å². The number of carbonyl (C=O) groups excluding carboxylic acids is 1. The molecule has 1 amide bonds. The van der Waals surface area contributed by atoms with Gasteiger partial charge in [-0.2, -0.15) is 5.26 Å². The van der Waals surface area contributed by atoms with E-state index in [1.165, 1.54) is 0 Å². The lowest BCUT2D eigenvalue weighted by molar-refractivity contribution is -0.113. The topological polar surface area (TPSA) is 66.9 Å². The van der Waals surface area contributed by atoms with Gasteiger partial charge in [0.15, 0.2) is 0 Å². The summed E-state index contributed by atoms with van der Waals surface area (Å²) < 4.78 is 0. The molecule has 3 nitrogen and oxygen atoms in total. The summed E-state index contributed by atoms with van der Waals surface area (Å²) in [5, 5.41) is 7.98. The summed E-state index contributed by atoms with van der Waals surface area (Å²) in [4.78, 5) is 9.94. The van der Waals surface area contributed by atoms with Crippen molar-refractivity contribution in [3.05, 3.63) is 11.0 Å². The Kier molecular flexibility index (Phi) is 2.74. The van der Waals surface area contributed by atoms with E-state index in [1.807, 2.05) is 0 Å². The fourth-order valence-electron chi connectivity index (χ4n) is 0.167. The van der Waals surface area contributed by atoms with E-state index >= 15 is 0 Å². The van der Waals surface area contributed by atoms with Crippen LogP contribution < -0.4 is 5.73 Å². The van der Waals surface area contributed by atoms with Gasteiger partial charge in [0.1, 0.15) is 6.07 Å². The van der Waals surface area contributed by atoms with Crippen molar-refractivity contribution >= 4 is 18.5 Å². The minimum atomic E-state index is -0.656.